The minimum Gasteiger partial charge on any atom is -0.361 e. The van der Waals surface area contributed by atoms with Gasteiger partial charge in [-0.15, -0.1) is 5.10 Å². The van der Waals surface area contributed by atoms with Crippen LogP contribution in [0.15, 0.2) is 79.4 Å². The number of aromatic nitrogens is 7. The third kappa shape index (κ3) is 3.20. The molecule has 0 aliphatic heterocycles. The van der Waals surface area contributed by atoms with E-state index in [1.807, 2.05) is 73.8 Å². The topological polar surface area (TPSA) is 86.3 Å². The first-order chi connectivity index (χ1) is 14.3. The van der Waals surface area contributed by atoms with Crippen LogP contribution in [0.4, 0.5) is 5.82 Å². The summed E-state index contributed by atoms with van der Waals surface area (Å²) in [5.41, 5.74) is 3.47. The van der Waals surface area contributed by atoms with E-state index in [1.54, 1.807) is 21.9 Å². The molecule has 0 saturated heterocycles. The van der Waals surface area contributed by atoms with Crippen LogP contribution in [0.25, 0.3) is 22.4 Å². The molecule has 2 aromatic carbocycles. The third-order valence-corrected chi connectivity index (χ3v) is 4.70. The Balaban J connectivity index is 1.44. The molecule has 0 radical (unpaired) electrons. The highest BCUT2D eigenvalue weighted by Gasteiger charge is 2.16. The zero-order chi connectivity index (χ0) is 19.6. The molecule has 1 unspecified atom stereocenters. The molecule has 1 atom stereocenters. The Hall–Kier alpha value is -4.07. The fourth-order valence-corrected chi connectivity index (χ4v) is 3.18. The van der Waals surface area contributed by atoms with E-state index in [0.29, 0.717) is 5.82 Å². The van der Waals surface area contributed by atoms with Gasteiger partial charge in [0.1, 0.15) is 17.8 Å². The van der Waals surface area contributed by atoms with E-state index in [9.17, 15) is 0 Å². The largest absolute Gasteiger partial charge is 0.361 e. The van der Waals surface area contributed by atoms with E-state index >= 15 is 0 Å². The quantitative estimate of drug-likeness (QED) is 0.500. The Morgan fingerprint density at radius 3 is 2.38 bits per heavy atom. The summed E-state index contributed by atoms with van der Waals surface area (Å²) in [4.78, 5) is 8.83. The van der Waals surface area contributed by atoms with Crippen LogP contribution in [0.2, 0.25) is 0 Å². The third-order valence-electron chi connectivity index (χ3n) is 4.70. The van der Waals surface area contributed by atoms with Gasteiger partial charge >= 0.3 is 0 Å². The summed E-state index contributed by atoms with van der Waals surface area (Å²) in [6.07, 6.45) is 5.23. The van der Waals surface area contributed by atoms with Gasteiger partial charge < -0.3 is 5.32 Å². The monoisotopic (exact) mass is 382 g/mol. The van der Waals surface area contributed by atoms with E-state index in [2.05, 4.69) is 30.7 Å². The average molecular weight is 382 g/mol. The predicted molar refractivity (Wildman–Crippen MR) is 110 cm³/mol. The fourth-order valence-electron chi connectivity index (χ4n) is 3.18. The molecule has 0 amide bonds. The maximum absolute atomic E-state index is 4.49. The predicted octanol–water partition coefficient (Wildman–Crippen LogP) is 3.57. The van der Waals surface area contributed by atoms with Gasteiger partial charge in [0.15, 0.2) is 5.65 Å². The lowest BCUT2D eigenvalue weighted by Gasteiger charge is -2.12. The van der Waals surface area contributed by atoms with Gasteiger partial charge in [0.05, 0.1) is 35.2 Å². The first-order valence-electron chi connectivity index (χ1n) is 9.28. The smallest absolute Gasteiger partial charge is 0.168 e. The van der Waals surface area contributed by atoms with E-state index in [-0.39, 0.29) is 6.04 Å². The molecule has 8 nitrogen and oxygen atoms in total. The van der Waals surface area contributed by atoms with Crippen LogP contribution >= 0.6 is 0 Å². The van der Waals surface area contributed by atoms with Gasteiger partial charge in [0.2, 0.25) is 0 Å². The van der Waals surface area contributed by atoms with E-state index < -0.39 is 0 Å². The second-order valence-corrected chi connectivity index (χ2v) is 6.64. The van der Waals surface area contributed by atoms with Crippen LogP contribution in [-0.2, 0) is 0 Å². The summed E-state index contributed by atoms with van der Waals surface area (Å²) in [5.74, 6) is 0.707. The highest BCUT2D eigenvalue weighted by Crippen LogP contribution is 2.25. The number of nitrogens with one attached hydrogen (secondary N) is 1. The van der Waals surface area contributed by atoms with E-state index in [0.717, 1.165) is 28.1 Å². The number of hydrogen-bond acceptors (Lipinski definition) is 6. The first kappa shape index (κ1) is 17.1. The molecule has 3 aromatic heterocycles. The van der Waals surface area contributed by atoms with Crippen molar-refractivity contribution in [2.24, 2.45) is 0 Å². The minimum absolute atomic E-state index is 0.0920. The maximum atomic E-state index is 4.49. The normalized spacial score (nSPS) is 12.2. The Bertz CT molecular complexity index is 1240. The molecule has 0 saturated carbocycles. The van der Waals surface area contributed by atoms with Crippen molar-refractivity contribution in [2.45, 2.75) is 13.0 Å². The van der Waals surface area contributed by atoms with Crippen molar-refractivity contribution in [2.75, 3.05) is 5.32 Å². The molecule has 0 bridgehead atoms. The number of fused-ring (bicyclic) bond motifs is 1. The van der Waals surface area contributed by atoms with Crippen molar-refractivity contribution < 1.29 is 0 Å². The summed E-state index contributed by atoms with van der Waals surface area (Å²) < 4.78 is 3.56. The van der Waals surface area contributed by atoms with Gasteiger partial charge in [-0.3, -0.25) is 0 Å². The molecular formula is C21H18N8. The lowest BCUT2D eigenvalue weighted by molar-refractivity contribution is 0.780. The van der Waals surface area contributed by atoms with Crippen LogP contribution in [-0.4, -0.2) is 34.7 Å². The van der Waals surface area contributed by atoms with Gasteiger partial charge in [-0.25, -0.2) is 19.3 Å². The SMILES string of the molecule is CC(Nc1ncnc2c1cnn2-c1ccccc1)c1cn(-c2ccccc2)nn1. The van der Waals surface area contributed by atoms with Gasteiger partial charge in [0.25, 0.3) is 0 Å². The summed E-state index contributed by atoms with van der Waals surface area (Å²) in [6, 6.07) is 19.7. The highest BCUT2D eigenvalue weighted by atomic mass is 15.4. The summed E-state index contributed by atoms with van der Waals surface area (Å²) >= 11 is 0. The second kappa shape index (κ2) is 7.16. The first-order valence-corrected chi connectivity index (χ1v) is 9.28. The molecule has 142 valence electrons. The van der Waals surface area contributed by atoms with Crippen LogP contribution in [0.5, 0.6) is 0 Å². The Labute approximate surface area is 166 Å². The van der Waals surface area contributed by atoms with Crippen molar-refractivity contribution in [3.8, 4) is 11.4 Å². The Kier molecular flexibility index (Phi) is 4.21. The van der Waals surface area contributed by atoms with Gasteiger partial charge in [-0.2, -0.15) is 5.10 Å². The number of para-hydroxylation sites is 2. The van der Waals surface area contributed by atoms with Crippen LogP contribution < -0.4 is 5.32 Å². The van der Waals surface area contributed by atoms with Crippen LogP contribution in [0.3, 0.4) is 0 Å². The van der Waals surface area contributed by atoms with Crippen molar-refractivity contribution in [1.29, 1.82) is 0 Å². The average Bonchev–Trinajstić information content (AvgIpc) is 3.43. The standard InChI is InChI=1S/C21H18N8/c1-15(19-13-28(27-26-19)16-8-4-2-5-9-16)25-20-18-12-24-29(21(18)23-14-22-20)17-10-6-3-7-11-17/h2-15H,1H3,(H,22,23,25). The number of nitrogens with zero attached hydrogens (tertiary/aromatic N) is 7. The zero-order valence-electron chi connectivity index (χ0n) is 15.7. The second-order valence-electron chi connectivity index (χ2n) is 6.64. The van der Waals surface area contributed by atoms with Crippen molar-refractivity contribution >= 4 is 16.9 Å². The van der Waals surface area contributed by atoms with E-state index in [4.69, 9.17) is 0 Å². The van der Waals surface area contributed by atoms with Gasteiger partial charge in [0, 0.05) is 0 Å². The van der Waals surface area contributed by atoms with Crippen molar-refractivity contribution in [3.05, 3.63) is 85.1 Å². The molecule has 1 N–H and O–H groups in total. The highest BCUT2D eigenvalue weighted by molar-refractivity contribution is 5.87. The molecule has 0 aliphatic carbocycles. The number of anilines is 1. The van der Waals surface area contributed by atoms with Crippen LogP contribution in [0, 0.1) is 0 Å². The number of hydrogen-bond donors (Lipinski definition) is 1. The lowest BCUT2D eigenvalue weighted by atomic mass is 10.2. The fraction of sp³-hybridized carbons (Fsp3) is 0.0952. The number of rotatable bonds is 5. The molecule has 0 fully saturated rings. The van der Waals surface area contributed by atoms with Gasteiger partial charge in [-0.1, -0.05) is 41.6 Å². The molecule has 3 heterocycles. The minimum atomic E-state index is -0.0920. The van der Waals surface area contributed by atoms with Crippen molar-refractivity contribution in [1.82, 2.24) is 34.7 Å². The number of benzene rings is 2. The maximum Gasteiger partial charge on any atom is 0.168 e. The molecule has 29 heavy (non-hydrogen) atoms. The molecule has 0 spiro atoms. The zero-order valence-corrected chi connectivity index (χ0v) is 15.7. The molecule has 0 aliphatic rings. The van der Waals surface area contributed by atoms with Gasteiger partial charge in [-0.05, 0) is 31.2 Å². The Morgan fingerprint density at radius 1 is 0.897 bits per heavy atom. The molecular weight excluding hydrogens is 364 g/mol. The molecule has 5 aromatic rings. The van der Waals surface area contributed by atoms with E-state index in [1.165, 1.54) is 0 Å². The summed E-state index contributed by atoms with van der Waals surface area (Å²) in [6.45, 7) is 2.02. The summed E-state index contributed by atoms with van der Waals surface area (Å²) in [5, 5.41) is 17.3. The van der Waals surface area contributed by atoms with Crippen LogP contribution in [0.1, 0.15) is 18.7 Å². The molecule has 8 heteroatoms. The Morgan fingerprint density at radius 2 is 1.62 bits per heavy atom. The van der Waals surface area contributed by atoms with Crippen molar-refractivity contribution in [3.63, 3.8) is 0 Å². The lowest BCUT2D eigenvalue weighted by Crippen LogP contribution is -2.09. The summed E-state index contributed by atoms with van der Waals surface area (Å²) in [7, 11) is 0. The molecule has 5 rings (SSSR count).